The highest BCUT2D eigenvalue weighted by atomic mass is 19.1. The van der Waals surface area contributed by atoms with Crippen molar-refractivity contribution in [2.24, 2.45) is 0 Å². The number of nitrogens with one attached hydrogen (secondary N) is 1. The second-order valence-electron chi connectivity index (χ2n) is 4.74. The zero-order valence-corrected chi connectivity index (χ0v) is 10.7. The monoisotopic (exact) mass is 271 g/mol. The molecule has 0 aliphatic carbocycles. The van der Waals surface area contributed by atoms with Crippen LogP contribution in [0.15, 0.2) is 42.6 Å². The molecule has 0 saturated heterocycles. The molecule has 0 aliphatic rings. The molecule has 0 atom stereocenters. The summed E-state index contributed by atoms with van der Waals surface area (Å²) >= 11 is 0. The molecule has 2 aromatic carbocycles. The van der Waals surface area contributed by atoms with Crippen molar-refractivity contribution in [1.82, 2.24) is 4.98 Å². The van der Waals surface area contributed by atoms with Gasteiger partial charge in [-0.1, -0.05) is 11.6 Å². The number of benzene rings is 2. The predicted molar refractivity (Wildman–Crippen MR) is 72.8 cm³/mol. The molecule has 1 heterocycles. The Bertz CT molecular complexity index is 800. The van der Waals surface area contributed by atoms with Crippen molar-refractivity contribution in [2.75, 3.05) is 0 Å². The Morgan fingerprint density at radius 2 is 1.75 bits per heavy atom. The molecule has 0 fully saturated rings. The molecule has 0 radical (unpaired) electrons. The molecule has 0 saturated carbocycles. The summed E-state index contributed by atoms with van der Waals surface area (Å²) in [4.78, 5) is 15.4. The average molecular weight is 271 g/mol. The van der Waals surface area contributed by atoms with Crippen molar-refractivity contribution >= 4 is 16.7 Å². The molecule has 0 aliphatic heterocycles. The fourth-order valence-electron chi connectivity index (χ4n) is 2.26. The van der Waals surface area contributed by atoms with Gasteiger partial charge in [-0.3, -0.25) is 4.79 Å². The van der Waals surface area contributed by atoms with Crippen molar-refractivity contribution < 1.29 is 13.6 Å². The lowest BCUT2D eigenvalue weighted by molar-refractivity contribution is 0.103. The first-order chi connectivity index (χ1) is 9.54. The minimum atomic E-state index is -0.760. The molecule has 1 aromatic heterocycles. The number of aryl methyl sites for hydroxylation is 1. The first kappa shape index (κ1) is 12.5. The number of halogens is 2. The summed E-state index contributed by atoms with van der Waals surface area (Å²) in [7, 11) is 0. The summed E-state index contributed by atoms with van der Waals surface area (Å²) < 4.78 is 26.4. The third kappa shape index (κ3) is 2.09. The average Bonchev–Trinajstić information content (AvgIpc) is 2.79. The van der Waals surface area contributed by atoms with Gasteiger partial charge in [-0.2, -0.15) is 0 Å². The lowest BCUT2D eigenvalue weighted by atomic mass is 10.0. The topological polar surface area (TPSA) is 32.9 Å². The molecule has 4 heteroatoms. The van der Waals surface area contributed by atoms with Crippen LogP contribution < -0.4 is 0 Å². The first-order valence-corrected chi connectivity index (χ1v) is 6.13. The van der Waals surface area contributed by atoms with E-state index in [0.29, 0.717) is 5.56 Å². The third-order valence-electron chi connectivity index (χ3n) is 3.21. The SMILES string of the molecule is Cc1ccc2[nH]cc(C(=O)c3cc(F)cc(F)c3)c2c1. The van der Waals surface area contributed by atoms with Gasteiger partial charge in [0.1, 0.15) is 11.6 Å². The molecule has 0 amide bonds. The van der Waals surface area contributed by atoms with E-state index in [1.54, 1.807) is 6.20 Å². The van der Waals surface area contributed by atoms with Crippen molar-refractivity contribution in [3.63, 3.8) is 0 Å². The predicted octanol–water partition coefficient (Wildman–Crippen LogP) is 3.99. The number of ketones is 1. The Kier molecular flexibility index (Phi) is 2.86. The smallest absolute Gasteiger partial charge is 0.195 e. The molecule has 100 valence electrons. The van der Waals surface area contributed by atoms with E-state index in [1.165, 1.54) is 0 Å². The molecule has 0 unspecified atom stereocenters. The van der Waals surface area contributed by atoms with E-state index in [4.69, 9.17) is 0 Å². The number of aromatic amines is 1. The summed E-state index contributed by atoms with van der Waals surface area (Å²) in [5.41, 5.74) is 2.24. The minimum absolute atomic E-state index is 0.00454. The molecule has 2 nitrogen and oxygen atoms in total. The molecule has 0 spiro atoms. The number of carbonyl (C=O) groups is 1. The Balaban J connectivity index is 2.15. The lowest BCUT2D eigenvalue weighted by Crippen LogP contribution is -2.02. The largest absolute Gasteiger partial charge is 0.360 e. The van der Waals surface area contributed by atoms with Crippen molar-refractivity contribution in [1.29, 1.82) is 0 Å². The molecule has 20 heavy (non-hydrogen) atoms. The van der Waals surface area contributed by atoms with Crippen LogP contribution in [0.2, 0.25) is 0 Å². The fraction of sp³-hybridized carbons (Fsp3) is 0.0625. The van der Waals surface area contributed by atoms with E-state index in [9.17, 15) is 13.6 Å². The van der Waals surface area contributed by atoms with E-state index >= 15 is 0 Å². The van der Waals surface area contributed by atoms with Gasteiger partial charge in [0.05, 0.1) is 0 Å². The highest BCUT2D eigenvalue weighted by Crippen LogP contribution is 2.23. The maximum atomic E-state index is 13.2. The molecule has 3 aromatic rings. The standard InChI is InChI=1S/C16H11F2NO/c1-9-2-3-15-13(4-9)14(8-19-15)16(20)10-5-11(17)7-12(18)6-10/h2-8,19H,1H3. The van der Waals surface area contributed by atoms with Crippen LogP contribution in [0.3, 0.4) is 0 Å². The van der Waals surface area contributed by atoms with Crippen LogP contribution in [-0.4, -0.2) is 10.8 Å². The normalized spacial score (nSPS) is 10.9. The number of carbonyl (C=O) groups excluding carboxylic acids is 1. The number of H-pyrrole nitrogens is 1. The number of hydrogen-bond acceptors (Lipinski definition) is 1. The molecule has 0 bridgehead atoms. The zero-order chi connectivity index (χ0) is 14.3. The van der Waals surface area contributed by atoms with E-state index in [0.717, 1.165) is 34.7 Å². The van der Waals surface area contributed by atoms with Gasteiger partial charge in [0, 0.05) is 34.3 Å². The van der Waals surface area contributed by atoms with Gasteiger partial charge in [-0.15, -0.1) is 0 Å². The second-order valence-corrected chi connectivity index (χ2v) is 4.74. The Labute approximate surface area is 114 Å². The first-order valence-electron chi connectivity index (χ1n) is 6.13. The maximum Gasteiger partial charge on any atom is 0.195 e. The summed E-state index contributed by atoms with van der Waals surface area (Å²) in [5.74, 6) is -1.92. The number of fused-ring (bicyclic) bond motifs is 1. The zero-order valence-electron chi connectivity index (χ0n) is 10.7. The quantitative estimate of drug-likeness (QED) is 0.702. The van der Waals surface area contributed by atoms with Gasteiger partial charge in [-0.05, 0) is 31.2 Å². The fourth-order valence-corrected chi connectivity index (χ4v) is 2.26. The van der Waals surface area contributed by atoms with Gasteiger partial charge in [0.15, 0.2) is 5.78 Å². The van der Waals surface area contributed by atoms with Gasteiger partial charge in [-0.25, -0.2) is 8.78 Å². The Morgan fingerprint density at radius 1 is 1.05 bits per heavy atom. The lowest BCUT2D eigenvalue weighted by Gasteiger charge is -2.01. The highest BCUT2D eigenvalue weighted by molar-refractivity contribution is 6.16. The Hall–Kier alpha value is -2.49. The maximum absolute atomic E-state index is 13.2. The van der Waals surface area contributed by atoms with Crippen LogP contribution in [-0.2, 0) is 0 Å². The van der Waals surface area contributed by atoms with Crippen molar-refractivity contribution in [3.05, 3.63) is 70.9 Å². The van der Waals surface area contributed by atoms with Crippen LogP contribution in [0, 0.1) is 18.6 Å². The van der Waals surface area contributed by atoms with E-state index in [-0.39, 0.29) is 5.56 Å². The summed E-state index contributed by atoms with van der Waals surface area (Å²) in [6, 6.07) is 8.49. The molecule has 3 rings (SSSR count). The third-order valence-corrected chi connectivity index (χ3v) is 3.21. The van der Waals surface area contributed by atoms with Crippen LogP contribution in [0.1, 0.15) is 21.5 Å². The van der Waals surface area contributed by atoms with Gasteiger partial charge in [0.25, 0.3) is 0 Å². The highest BCUT2D eigenvalue weighted by Gasteiger charge is 2.16. The minimum Gasteiger partial charge on any atom is -0.360 e. The van der Waals surface area contributed by atoms with Crippen molar-refractivity contribution in [2.45, 2.75) is 6.92 Å². The molecule has 1 N–H and O–H groups in total. The van der Waals surface area contributed by atoms with Crippen LogP contribution in [0.5, 0.6) is 0 Å². The second kappa shape index (κ2) is 4.56. The summed E-state index contributed by atoms with van der Waals surface area (Å²) in [6.45, 7) is 1.92. The van der Waals surface area contributed by atoms with Crippen LogP contribution in [0.4, 0.5) is 8.78 Å². The van der Waals surface area contributed by atoms with Crippen molar-refractivity contribution in [3.8, 4) is 0 Å². The van der Waals surface area contributed by atoms with Gasteiger partial charge >= 0.3 is 0 Å². The number of hydrogen-bond donors (Lipinski definition) is 1. The molecular weight excluding hydrogens is 260 g/mol. The van der Waals surface area contributed by atoms with E-state index in [2.05, 4.69) is 4.98 Å². The summed E-state index contributed by atoms with van der Waals surface area (Å²) in [6.07, 6.45) is 1.56. The summed E-state index contributed by atoms with van der Waals surface area (Å²) in [5, 5.41) is 0.750. The van der Waals surface area contributed by atoms with E-state index < -0.39 is 17.4 Å². The Morgan fingerprint density at radius 3 is 2.45 bits per heavy atom. The van der Waals surface area contributed by atoms with Gasteiger partial charge in [0.2, 0.25) is 0 Å². The van der Waals surface area contributed by atoms with Crippen LogP contribution >= 0.6 is 0 Å². The van der Waals surface area contributed by atoms with E-state index in [1.807, 2.05) is 25.1 Å². The molecular formula is C16H11F2NO. The number of rotatable bonds is 2. The van der Waals surface area contributed by atoms with Crippen LogP contribution in [0.25, 0.3) is 10.9 Å². The van der Waals surface area contributed by atoms with Gasteiger partial charge < -0.3 is 4.98 Å². The number of aromatic nitrogens is 1.